The number of nitrogens with one attached hydrogen (secondary N) is 1. The summed E-state index contributed by atoms with van der Waals surface area (Å²) in [6, 6.07) is 7.78. The van der Waals surface area contributed by atoms with Crippen molar-refractivity contribution in [1.82, 2.24) is 0 Å². The molecule has 0 fully saturated rings. The molecule has 0 bridgehead atoms. The van der Waals surface area contributed by atoms with Crippen LogP contribution in [-0.4, -0.2) is 7.05 Å². The average Bonchev–Trinajstić information content (AvgIpc) is 2.15. The van der Waals surface area contributed by atoms with Gasteiger partial charge in [-0.15, -0.1) is 0 Å². The van der Waals surface area contributed by atoms with Crippen molar-refractivity contribution < 1.29 is 32.7 Å². The molecule has 0 unspecified atom stereocenters. The molecule has 3 heteroatoms. The third-order valence-electron chi connectivity index (χ3n) is 1.50. The summed E-state index contributed by atoms with van der Waals surface area (Å²) in [7, 11) is 1.87. The van der Waals surface area contributed by atoms with E-state index in [2.05, 4.69) is 16.4 Å². The first kappa shape index (κ1) is 12.4. The number of rotatable bonds is 2. The van der Waals surface area contributed by atoms with E-state index in [-0.39, 0.29) is 32.7 Å². The Morgan fingerprint density at radius 3 is 2.46 bits per heavy atom. The second kappa shape index (κ2) is 6.83. The van der Waals surface area contributed by atoms with E-state index < -0.39 is 0 Å². The number of anilines is 1. The largest absolute Gasteiger partial charge is 3.00 e. The molecule has 1 aromatic carbocycles. The average molecular weight is 246 g/mol. The first-order chi connectivity index (χ1) is 5.86. The van der Waals surface area contributed by atoms with E-state index in [1.54, 1.807) is 6.08 Å². The molecule has 0 heterocycles. The Hall–Kier alpha value is -0.646. The maximum Gasteiger partial charge on any atom is 3.00 e. The number of hydrogen-bond donors (Lipinski definition) is 1. The summed E-state index contributed by atoms with van der Waals surface area (Å²) in [6.45, 7) is 6.50. The Morgan fingerprint density at radius 1 is 1.38 bits per heavy atom. The summed E-state index contributed by atoms with van der Waals surface area (Å²) in [5.41, 5.74) is 2.06. The fourth-order valence-electron chi connectivity index (χ4n) is 0.853. The maximum absolute atomic E-state index is 6.50. The van der Waals surface area contributed by atoms with Gasteiger partial charge < -0.3 is 10.2 Å². The van der Waals surface area contributed by atoms with E-state index in [0.29, 0.717) is 0 Å². The van der Waals surface area contributed by atoms with Gasteiger partial charge in [-0.1, -0.05) is 23.9 Å². The summed E-state index contributed by atoms with van der Waals surface area (Å²) < 4.78 is 0. The number of benzene rings is 1. The molecule has 0 amide bonds. The van der Waals surface area contributed by atoms with Gasteiger partial charge in [-0.2, -0.15) is 6.08 Å². The molecule has 0 atom stereocenters. The van der Waals surface area contributed by atoms with Gasteiger partial charge in [-0.3, -0.25) is 6.57 Å². The molecule has 2 nitrogen and oxygen atoms in total. The zero-order chi connectivity index (χ0) is 8.81. The van der Waals surface area contributed by atoms with Gasteiger partial charge in [0.2, 0.25) is 0 Å². The Balaban J connectivity index is 0.00000144. The van der Waals surface area contributed by atoms with Gasteiger partial charge in [0.15, 0.2) is 0 Å². The molecule has 0 aliphatic carbocycles. The van der Waals surface area contributed by atoms with Crippen molar-refractivity contribution in [2.45, 2.75) is 0 Å². The van der Waals surface area contributed by atoms with Gasteiger partial charge >= 0.3 is 32.7 Å². The van der Waals surface area contributed by atoms with Crippen LogP contribution < -0.4 is 5.32 Å². The fourth-order valence-corrected chi connectivity index (χ4v) is 0.853. The van der Waals surface area contributed by atoms with Crippen LogP contribution in [0.25, 0.3) is 10.9 Å². The third-order valence-corrected chi connectivity index (χ3v) is 1.50. The summed E-state index contributed by atoms with van der Waals surface area (Å²) in [5, 5.41) is 3.02. The zero-order valence-electron chi connectivity index (χ0n) is 7.41. The van der Waals surface area contributed by atoms with E-state index in [0.717, 1.165) is 11.3 Å². The van der Waals surface area contributed by atoms with Crippen LogP contribution in [0.15, 0.2) is 24.3 Å². The quantitative estimate of drug-likeness (QED) is 0.792. The van der Waals surface area contributed by atoms with Crippen LogP contribution in [0.2, 0.25) is 0 Å². The Bertz CT molecular complexity index is 309. The predicted molar refractivity (Wildman–Crippen MR) is 50.3 cm³/mol. The zero-order valence-corrected chi connectivity index (χ0v) is 10.2. The van der Waals surface area contributed by atoms with Crippen molar-refractivity contribution >= 4 is 11.8 Å². The molecule has 1 N–H and O–H groups in total. The van der Waals surface area contributed by atoms with Crippen molar-refractivity contribution in [1.29, 1.82) is 0 Å². The van der Waals surface area contributed by atoms with Crippen LogP contribution in [-0.2, 0) is 32.7 Å². The summed E-state index contributed by atoms with van der Waals surface area (Å²) in [6.07, 6.45) is 4.11. The molecule has 1 rings (SSSR count). The van der Waals surface area contributed by atoms with Gasteiger partial charge in [0, 0.05) is 12.7 Å². The fraction of sp³-hybridized carbons (Fsp3) is 0.100. The smallest absolute Gasteiger partial charge is 0.478 e. The molecule has 0 aliphatic rings. The van der Waals surface area contributed by atoms with Crippen LogP contribution in [0.5, 0.6) is 0 Å². The predicted octanol–water partition coefficient (Wildman–Crippen LogP) is 2.42. The Labute approximate surface area is 104 Å². The van der Waals surface area contributed by atoms with Crippen molar-refractivity contribution in [3.05, 3.63) is 47.4 Å². The summed E-state index contributed by atoms with van der Waals surface area (Å²) in [4.78, 5) is 3.00. The Kier molecular flexibility index (Phi) is 6.49. The van der Waals surface area contributed by atoms with E-state index in [1.165, 1.54) is 0 Å². The first-order valence-corrected chi connectivity index (χ1v) is 3.60. The molecule has 0 aliphatic heterocycles. The summed E-state index contributed by atoms with van der Waals surface area (Å²) in [5.74, 6) is 0. The van der Waals surface area contributed by atoms with Gasteiger partial charge in [-0.25, -0.2) is 0 Å². The molecule has 0 radical (unpaired) electrons. The van der Waals surface area contributed by atoms with Crippen LogP contribution in [0.4, 0.5) is 5.69 Å². The second-order valence-electron chi connectivity index (χ2n) is 2.26. The normalized spacial score (nSPS) is 8.92. The first-order valence-electron chi connectivity index (χ1n) is 3.60. The molecule has 60 valence electrons. The Morgan fingerprint density at radius 2 is 2.00 bits per heavy atom. The third kappa shape index (κ3) is 4.21. The minimum absolute atomic E-state index is 0. The van der Waals surface area contributed by atoms with Crippen molar-refractivity contribution in [3.8, 4) is 0 Å². The van der Waals surface area contributed by atoms with Crippen LogP contribution >= 0.6 is 0 Å². The number of nitrogens with zero attached hydrogens (tertiary/aromatic N) is 1. The second-order valence-corrected chi connectivity index (χ2v) is 2.26. The topological polar surface area (TPSA) is 16.4 Å². The van der Waals surface area contributed by atoms with E-state index in [4.69, 9.17) is 6.57 Å². The molecule has 0 aromatic heterocycles. The van der Waals surface area contributed by atoms with Gasteiger partial charge in [0.25, 0.3) is 0 Å². The standard InChI is InChI=1S/C10H9N2.Y/c1-11-8-7-9-3-5-10(12-2)6-4-9;/h3-7,12H,2H3;/q-1;+3. The van der Waals surface area contributed by atoms with Crippen LogP contribution in [0, 0.1) is 12.8 Å². The maximum atomic E-state index is 6.50. The number of hydrogen-bond acceptors (Lipinski definition) is 1. The van der Waals surface area contributed by atoms with Crippen molar-refractivity contribution in [2.75, 3.05) is 12.4 Å². The monoisotopic (exact) mass is 246 g/mol. The van der Waals surface area contributed by atoms with Crippen molar-refractivity contribution in [2.24, 2.45) is 0 Å². The molecule has 0 spiro atoms. The minimum Gasteiger partial charge on any atom is -0.478 e. The van der Waals surface area contributed by atoms with Crippen LogP contribution in [0.3, 0.4) is 0 Å². The summed E-state index contributed by atoms with van der Waals surface area (Å²) >= 11 is 0. The van der Waals surface area contributed by atoms with Gasteiger partial charge in [-0.05, 0) is 12.1 Å². The van der Waals surface area contributed by atoms with E-state index in [9.17, 15) is 0 Å². The SMILES string of the molecule is [C-]#[N+][C-]=Cc1ccc(NC)cc1.[Y+3]. The van der Waals surface area contributed by atoms with Crippen LogP contribution in [0.1, 0.15) is 5.56 Å². The molecule has 0 saturated carbocycles. The molecular weight excluding hydrogens is 237 g/mol. The van der Waals surface area contributed by atoms with Gasteiger partial charge in [0.05, 0.1) is 0 Å². The molecule has 13 heavy (non-hydrogen) atoms. The van der Waals surface area contributed by atoms with E-state index >= 15 is 0 Å². The van der Waals surface area contributed by atoms with Gasteiger partial charge in [0.1, 0.15) is 0 Å². The minimum atomic E-state index is 0. The van der Waals surface area contributed by atoms with Crippen molar-refractivity contribution in [3.63, 3.8) is 0 Å². The molecular formula is C10H9N2Y+2. The molecule has 1 aromatic rings. The molecule has 0 saturated heterocycles. The van der Waals surface area contributed by atoms with E-state index in [1.807, 2.05) is 31.3 Å².